The minimum atomic E-state index is -1.04. The molecular formula is C16H19N3O6. The number of hydrogen-bond donors (Lipinski definition) is 1. The smallest absolute Gasteiger partial charge is 0.404 e. The molecule has 5 heterocycles. The summed E-state index contributed by atoms with van der Waals surface area (Å²) < 4.78 is 16.2. The maximum atomic E-state index is 13.4. The standard InChI is InChI=1S/C16H19N3O6/c1-6-11(23-2)10(20)9-7(5-25-14(17)22)16(24-3)12-8-4-18(16)15(9,13(6)21)19(8)12/h7-9,12H,4-5H2,1-3H3,(H2,17,22). The molecule has 6 rings (SSSR count). The summed E-state index contributed by atoms with van der Waals surface area (Å²) in [6.07, 6.45) is -0.911. The van der Waals surface area contributed by atoms with Crippen molar-refractivity contribution in [1.82, 2.24) is 9.80 Å². The Balaban J connectivity index is 1.70. The van der Waals surface area contributed by atoms with E-state index in [1.54, 1.807) is 14.0 Å². The lowest BCUT2D eigenvalue weighted by Crippen LogP contribution is -2.61. The molecule has 25 heavy (non-hydrogen) atoms. The zero-order valence-electron chi connectivity index (χ0n) is 14.1. The van der Waals surface area contributed by atoms with Gasteiger partial charge in [-0.3, -0.25) is 14.5 Å². The highest BCUT2D eigenvalue weighted by atomic mass is 16.6. The number of allylic oxidation sites excluding steroid dienone is 1. The van der Waals surface area contributed by atoms with Crippen LogP contribution in [-0.4, -0.2) is 78.3 Å². The van der Waals surface area contributed by atoms with Crippen LogP contribution in [0.5, 0.6) is 0 Å². The van der Waals surface area contributed by atoms with Crippen molar-refractivity contribution in [2.45, 2.75) is 30.4 Å². The third-order valence-electron chi connectivity index (χ3n) is 6.78. The van der Waals surface area contributed by atoms with Gasteiger partial charge in [-0.1, -0.05) is 0 Å². The van der Waals surface area contributed by atoms with Crippen molar-refractivity contribution in [3.63, 3.8) is 0 Å². The number of Topliss-reactive ketones (excluding diaryl/α,β-unsaturated/α-hetero) is 2. The fraction of sp³-hybridized carbons (Fsp3) is 0.688. The largest absolute Gasteiger partial charge is 0.493 e. The maximum absolute atomic E-state index is 13.4. The number of methoxy groups -OCH3 is 2. The molecule has 0 aromatic carbocycles. The molecule has 134 valence electrons. The molecule has 1 spiro atoms. The number of ketones is 2. The van der Waals surface area contributed by atoms with Crippen molar-refractivity contribution in [3.05, 3.63) is 11.3 Å². The van der Waals surface area contributed by atoms with Crippen LogP contribution in [0.1, 0.15) is 6.92 Å². The number of carbonyl (C=O) groups is 3. The minimum Gasteiger partial charge on any atom is -0.493 e. The van der Waals surface area contributed by atoms with Gasteiger partial charge >= 0.3 is 6.09 Å². The molecule has 6 aliphatic rings. The van der Waals surface area contributed by atoms with Crippen molar-refractivity contribution in [2.24, 2.45) is 17.6 Å². The second-order valence-corrected chi connectivity index (χ2v) is 7.28. The van der Waals surface area contributed by atoms with Crippen LogP contribution in [-0.2, 0) is 23.8 Å². The van der Waals surface area contributed by atoms with E-state index >= 15 is 0 Å². The summed E-state index contributed by atoms with van der Waals surface area (Å²) in [4.78, 5) is 41.8. The molecule has 5 aliphatic heterocycles. The highest BCUT2D eigenvalue weighted by molar-refractivity contribution is 6.18. The van der Waals surface area contributed by atoms with Crippen LogP contribution in [0, 0.1) is 11.8 Å². The fourth-order valence-corrected chi connectivity index (χ4v) is 6.18. The Morgan fingerprint density at radius 3 is 2.64 bits per heavy atom. The van der Waals surface area contributed by atoms with Gasteiger partial charge in [0.1, 0.15) is 12.3 Å². The van der Waals surface area contributed by atoms with E-state index in [0.717, 1.165) is 0 Å². The van der Waals surface area contributed by atoms with Crippen molar-refractivity contribution in [3.8, 4) is 0 Å². The third kappa shape index (κ3) is 1.25. The van der Waals surface area contributed by atoms with Gasteiger partial charge in [0.05, 0.1) is 25.0 Å². The first-order valence-electron chi connectivity index (χ1n) is 8.26. The number of carbonyl (C=O) groups excluding carboxylic acids is 3. The van der Waals surface area contributed by atoms with Gasteiger partial charge in [-0.2, -0.15) is 0 Å². The molecule has 6 bridgehead atoms. The number of rotatable bonds is 4. The Morgan fingerprint density at radius 2 is 2.08 bits per heavy atom. The monoisotopic (exact) mass is 349 g/mol. The molecule has 9 heteroatoms. The summed E-state index contributed by atoms with van der Waals surface area (Å²) in [5.74, 6) is -1.47. The fourth-order valence-electron chi connectivity index (χ4n) is 6.18. The van der Waals surface area contributed by atoms with E-state index in [1.165, 1.54) is 7.11 Å². The molecule has 5 fully saturated rings. The van der Waals surface area contributed by atoms with Crippen LogP contribution in [0.3, 0.4) is 0 Å². The average Bonchev–Trinajstić information content (AvgIpc) is 2.88. The molecule has 1 aliphatic carbocycles. The van der Waals surface area contributed by atoms with Gasteiger partial charge in [0, 0.05) is 25.3 Å². The highest BCUT2D eigenvalue weighted by Gasteiger charge is 2.95. The molecule has 2 N–H and O–H groups in total. The van der Waals surface area contributed by atoms with Crippen LogP contribution in [0.15, 0.2) is 11.3 Å². The Kier molecular flexibility index (Phi) is 2.58. The minimum absolute atomic E-state index is 0.0314. The number of nitrogens with two attached hydrogens (primary N) is 1. The zero-order chi connectivity index (χ0) is 17.9. The van der Waals surface area contributed by atoms with Crippen LogP contribution in [0.2, 0.25) is 0 Å². The van der Waals surface area contributed by atoms with Gasteiger partial charge < -0.3 is 19.9 Å². The van der Waals surface area contributed by atoms with E-state index in [9.17, 15) is 14.4 Å². The first-order valence-corrected chi connectivity index (χ1v) is 8.26. The Bertz CT molecular complexity index is 780. The first kappa shape index (κ1) is 15.3. The van der Waals surface area contributed by atoms with E-state index in [1.807, 2.05) is 4.90 Å². The zero-order valence-corrected chi connectivity index (χ0v) is 14.1. The molecule has 0 aromatic heterocycles. The molecule has 9 nitrogen and oxygen atoms in total. The van der Waals surface area contributed by atoms with Gasteiger partial charge in [-0.25, -0.2) is 9.69 Å². The number of hydrogen-bond acceptors (Lipinski definition) is 8. The molecule has 1 amide bonds. The number of piperazine rings is 1. The van der Waals surface area contributed by atoms with Gasteiger partial charge in [0.15, 0.2) is 17.2 Å². The number of piperidine rings is 1. The van der Waals surface area contributed by atoms with E-state index in [0.29, 0.717) is 12.1 Å². The van der Waals surface area contributed by atoms with Crippen molar-refractivity contribution in [2.75, 3.05) is 27.4 Å². The summed E-state index contributed by atoms with van der Waals surface area (Å²) in [5, 5.41) is 0. The Hall–Kier alpha value is -1.97. The SMILES string of the molecule is COC1=C(C)C(=O)C23C(C1=O)C(COC(N)=O)C1(OC)C4C(CN12)N43. The van der Waals surface area contributed by atoms with E-state index in [2.05, 4.69) is 4.90 Å². The Morgan fingerprint density at radius 1 is 1.36 bits per heavy atom. The van der Waals surface area contributed by atoms with Crippen LogP contribution < -0.4 is 5.73 Å². The molecule has 8 unspecified atom stereocenters. The van der Waals surface area contributed by atoms with Crippen molar-refractivity contribution >= 4 is 17.7 Å². The lowest BCUT2D eigenvalue weighted by Gasteiger charge is -2.41. The molecular weight excluding hydrogens is 330 g/mol. The summed E-state index contributed by atoms with van der Waals surface area (Å²) in [5.41, 5.74) is 3.61. The number of nitrogens with zero attached hydrogens (tertiary/aromatic N) is 2. The van der Waals surface area contributed by atoms with Gasteiger partial charge in [-0.15, -0.1) is 0 Å². The topological polar surface area (TPSA) is 111 Å². The number of amides is 1. The second-order valence-electron chi connectivity index (χ2n) is 7.28. The van der Waals surface area contributed by atoms with Gasteiger partial charge in [-0.05, 0) is 6.92 Å². The van der Waals surface area contributed by atoms with Crippen LogP contribution >= 0.6 is 0 Å². The van der Waals surface area contributed by atoms with Gasteiger partial charge in [0.25, 0.3) is 0 Å². The van der Waals surface area contributed by atoms with Crippen molar-refractivity contribution in [1.29, 1.82) is 0 Å². The molecule has 0 radical (unpaired) electrons. The average molecular weight is 349 g/mol. The van der Waals surface area contributed by atoms with Gasteiger partial charge in [0.2, 0.25) is 5.78 Å². The number of ether oxygens (including phenoxy) is 3. The second kappa shape index (κ2) is 4.22. The number of primary amides is 1. The maximum Gasteiger partial charge on any atom is 0.404 e. The summed E-state index contributed by atoms with van der Waals surface area (Å²) >= 11 is 0. The normalized spacial score (nSPS) is 51.0. The molecule has 0 aromatic rings. The molecule has 0 saturated carbocycles. The predicted molar refractivity (Wildman–Crippen MR) is 80.8 cm³/mol. The quantitative estimate of drug-likeness (QED) is 0.632. The first-order chi connectivity index (χ1) is 11.9. The van der Waals surface area contributed by atoms with Crippen LogP contribution in [0.25, 0.3) is 0 Å². The van der Waals surface area contributed by atoms with E-state index < -0.39 is 29.3 Å². The molecule has 8 atom stereocenters. The summed E-state index contributed by atoms with van der Waals surface area (Å²) in [6.45, 7) is 2.22. The lowest BCUT2D eigenvalue weighted by atomic mass is 9.70. The summed E-state index contributed by atoms with van der Waals surface area (Å²) in [7, 11) is 2.96. The van der Waals surface area contributed by atoms with Crippen molar-refractivity contribution < 1.29 is 28.6 Å². The third-order valence-corrected chi connectivity index (χ3v) is 6.78. The van der Waals surface area contributed by atoms with E-state index in [4.69, 9.17) is 19.9 Å². The predicted octanol–water partition coefficient (Wildman–Crippen LogP) is -1.18. The van der Waals surface area contributed by atoms with E-state index in [-0.39, 0.29) is 36.0 Å². The molecule has 5 saturated heterocycles. The highest BCUT2D eigenvalue weighted by Crippen LogP contribution is 2.75. The Labute approximate surface area is 143 Å². The van der Waals surface area contributed by atoms with Crippen LogP contribution in [0.4, 0.5) is 4.79 Å². The summed E-state index contributed by atoms with van der Waals surface area (Å²) in [6, 6.07) is 0.221. The lowest BCUT2D eigenvalue weighted by molar-refractivity contribution is -0.143.